The highest BCUT2D eigenvalue weighted by Crippen LogP contribution is 2.34. The summed E-state index contributed by atoms with van der Waals surface area (Å²) < 4.78 is 23.4. The fourth-order valence-corrected chi connectivity index (χ4v) is 3.76. The highest BCUT2D eigenvalue weighted by atomic mass is 16.5. The topological polar surface area (TPSA) is 71.9 Å². The van der Waals surface area contributed by atoms with Gasteiger partial charge >= 0.3 is 5.91 Å². The maximum absolute atomic E-state index is 12.0. The molecule has 0 aliphatic carbocycles. The molecule has 3 heterocycles. The van der Waals surface area contributed by atoms with Gasteiger partial charge in [0, 0.05) is 22.2 Å². The van der Waals surface area contributed by atoms with Gasteiger partial charge in [-0.2, -0.15) is 4.99 Å². The molecule has 1 atom stereocenters. The van der Waals surface area contributed by atoms with Crippen molar-refractivity contribution in [3.8, 4) is 11.5 Å². The van der Waals surface area contributed by atoms with Crippen LogP contribution >= 0.6 is 0 Å². The lowest BCUT2D eigenvalue weighted by molar-refractivity contribution is -0.429. The maximum atomic E-state index is 12.0. The van der Waals surface area contributed by atoms with Crippen molar-refractivity contribution in [2.75, 3.05) is 7.11 Å². The molecular formula is C23H20NO5+. The first-order valence-corrected chi connectivity index (χ1v) is 9.41. The third kappa shape index (κ3) is 2.71. The highest BCUT2D eigenvalue weighted by molar-refractivity contribution is 5.87. The number of fused-ring (bicyclic) bond motifs is 3. The Hall–Kier alpha value is -3.54. The van der Waals surface area contributed by atoms with Gasteiger partial charge in [0.05, 0.1) is 7.11 Å². The van der Waals surface area contributed by atoms with E-state index in [0.717, 1.165) is 38.8 Å². The molecule has 0 spiro atoms. The standard InChI is InChI=1S/C23H19NO5/c1-11-7-14-8-18-20(28-13(3)23(25)24-18)10-17(14)22(27-11)21-12(2)16-9-15(26-4)5-6-19(16)29-21/h5-10,13H,1-4H3/p+1. The van der Waals surface area contributed by atoms with Gasteiger partial charge in [-0.05, 0) is 56.7 Å². The third-order valence-corrected chi connectivity index (χ3v) is 5.30. The Morgan fingerprint density at radius 3 is 2.76 bits per heavy atom. The van der Waals surface area contributed by atoms with Crippen LogP contribution in [0.2, 0.25) is 0 Å². The molecule has 146 valence electrons. The van der Waals surface area contributed by atoms with Gasteiger partial charge in [0.1, 0.15) is 17.1 Å². The summed E-state index contributed by atoms with van der Waals surface area (Å²) in [6, 6.07) is 9.52. The van der Waals surface area contributed by atoms with Crippen molar-refractivity contribution in [1.82, 2.24) is 0 Å². The molecule has 0 saturated carbocycles. The smallest absolute Gasteiger partial charge is 0.426 e. The molecule has 2 aromatic carbocycles. The summed E-state index contributed by atoms with van der Waals surface area (Å²) in [5.74, 6) is 3.25. The molecule has 0 fully saturated rings. The molecule has 6 heteroatoms. The first-order valence-electron chi connectivity index (χ1n) is 9.41. The Morgan fingerprint density at radius 1 is 1.14 bits per heavy atom. The number of hydrogen-bond acceptors (Lipinski definition) is 5. The van der Waals surface area contributed by atoms with Gasteiger partial charge in [-0.3, -0.25) is 0 Å². The van der Waals surface area contributed by atoms with Crippen molar-refractivity contribution in [3.63, 3.8) is 0 Å². The lowest BCUT2D eigenvalue weighted by atomic mass is 10.0. The van der Waals surface area contributed by atoms with Crippen LogP contribution in [0.3, 0.4) is 0 Å². The van der Waals surface area contributed by atoms with Gasteiger partial charge in [0.25, 0.3) is 0 Å². The molecular weight excluding hydrogens is 370 g/mol. The fourth-order valence-electron chi connectivity index (χ4n) is 3.76. The zero-order chi connectivity index (χ0) is 20.3. The first-order chi connectivity index (χ1) is 13.9. The number of furan rings is 1. The number of methoxy groups -OCH3 is 1. The second kappa shape index (κ2) is 6.24. The monoisotopic (exact) mass is 390 g/mol. The number of carbonyl (C=O) groups excluding carboxylic acids is 1. The molecule has 5 rings (SSSR count). The van der Waals surface area contributed by atoms with Crippen LogP contribution in [-0.4, -0.2) is 19.1 Å². The molecule has 29 heavy (non-hydrogen) atoms. The van der Waals surface area contributed by atoms with E-state index in [-0.39, 0.29) is 5.91 Å². The van der Waals surface area contributed by atoms with Gasteiger partial charge in [-0.15, -0.1) is 0 Å². The minimum absolute atomic E-state index is 0.156. The molecule has 1 aromatic heterocycles. The van der Waals surface area contributed by atoms with Gasteiger partial charge in [-0.25, -0.2) is 4.79 Å². The maximum Gasteiger partial charge on any atom is 0.426 e. The number of ether oxygens (including phenoxy) is 3. The minimum Gasteiger partial charge on any atom is -0.497 e. The van der Waals surface area contributed by atoms with Crippen LogP contribution in [0.15, 0.2) is 40.5 Å². The van der Waals surface area contributed by atoms with Crippen molar-refractivity contribution in [1.29, 1.82) is 0 Å². The number of rotatable bonds is 2. The van der Waals surface area contributed by atoms with Crippen LogP contribution < -0.4 is 25.0 Å². The minimum atomic E-state index is -0.550. The van der Waals surface area contributed by atoms with E-state index in [2.05, 4.69) is 4.99 Å². The average molecular weight is 390 g/mol. The Balaban J connectivity index is 1.80. The molecule has 0 radical (unpaired) electrons. The van der Waals surface area contributed by atoms with E-state index in [0.29, 0.717) is 22.6 Å². The lowest BCUT2D eigenvalue weighted by Gasteiger charge is -2.17. The first kappa shape index (κ1) is 17.6. The van der Waals surface area contributed by atoms with Crippen LogP contribution in [0.5, 0.6) is 11.5 Å². The van der Waals surface area contributed by atoms with E-state index in [4.69, 9.17) is 18.6 Å². The summed E-state index contributed by atoms with van der Waals surface area (Å²) >= 11 is 0. The second-order valence-electron chi connectivity index (χ2n) is 7.29. The van der Waals surface area contributed by atoms with E-state index in [1.165, 1.54) is 0 Å². The summed E-state index contributed by atoms with van der Waals surface area (Å²) in [6.07, 6.45) is 1.39. The summed E-state index contributed by atoms with van der Waals surface area (Å²) in [4.78, 5) is 14.9. The Bertz CT molecular complexity index is 1350. The van der Waals surface area contributed by atoms with Crippen LogP contribution in [0, 0.1) is 6.92 Å². The molecule has 1 unspecified atom stereocenters. The zero-order valence-electron chi connectivity index (χ0n) is 16.6. The number of benzene rings is 2. The van der Waals surface area contributed by atoms with Crippen LogP contribution in [0.25, 0.3) is 22.8 Å². The predicted molar refractivity (Wildman–Crippen MR) is 106 cm³/mol. The average Bonchev–Trinajstić information content (AvgIpc) is 3.03. The molecule has 6 nitrogen and oxygen atoms in total. The van der Waals surface area contributed by atoms with E-state index >= 15 is 0 Å². The van der Waals surface area contributed by atoms with Crippen LogP contribution in [-0.2, 0) is 9.53 Å². The summed E-state index contributed by atoms with van der Waals surface area (Å²) in [6.45, 7) is 5.61. The van der Waals surface area contributed by atoms with Crippen molar-refractivity contribution >= 4 is 28.7 Å². The molecule has 2 aliphatic rings. The largest absolute Gasteiger partial charge is 0.497 e. The third-order valence-electron chi connectivity index (χ3n) is 5.30. The molecule has 0 bridgehead atoms. The molecule has 1 amide bonds. The summed E-state index contributed by atoms with van der Waals surface area (Å²) in [5, 5.41) is 2.48. The van der Waals surface area contributed by atoms with Gasteiger partial charge < -0.3 is 18.6 Å². The Kier molecular flexibility index (Phi) is 3.77. The number of aryl methyl sites for hydroxylation is 1. The Morgan fingerprint density at radius 2 is 1.97 bits per heavy atom. The number of carbonyl (C=O) groups is 1. The second-order valence-corrected chi connectivity index (χ2v) is 7.29. The normalized spacial score (nSPS) is 17.7. The Labute approximate surface area is 166 Å². The van der Waals surface area contributed by atoms with E-state index in [1.807, 2.05) is 50.3 Å². The van der Waals surface area contributed by atoms with Gasteiger partial charge in [0.15, 0.2) is 17.3 Å². The number of hydrogen-bond donors (Lipinski definition) is 1. The molecule has 2 aliphatic heterocycles. The summed E-state index contributed by atoms with van der Waals surface area (Å²) in [5.41, 5.74) is 2.66. The quantitative estimate of drug-likeness (QED) is 0.714. The van der Waals surface area contributed by atoms with Crippen molar-refractivity contribution < 1.29 is 28.4 Å². The van der Waals surface area contributed by atoms with E-state index < -0.39 is 6.10 Å². The van der Waals surface area contributed by atoms with Gasteiger partial charge in [0.2, 0.25) is 11.5 Å². The summed E-state index contributed by atoms with van der Waals surface area (Å²) in [7, 11) is 1.64. The molecule has 3 aromatic rings. The van der Waals surface area contributed by atoms with Gasteiger partial charge in [-0.1, -0.05) is 0 Å². The van der Waals surface area contributed by atoms with E-state index in [9.17, 15) is 4.79 Å². The van der Waals surface area contributed by atoms with Crippen molar-refractivity contribution in [3.05, 3.63) is 63.6 Å². The predicted octanol–water partition coefficient (Wildman–Crippen LogP) is 1.31. The van der Waals surface area contributed by atoms with E-state index in [1.54, 1.807) is 14.0 Å². The van der Waals surface area contributed by atoms with Crippen molar-refractivity contribution in [2.24, 2.45) is 0 Å². The fraction of sp³-hybridized carbons (Fsp3) is 0.217. The van der Waals surface area contributed by atoms with Crippen LogP contribution in [0.4, 0.5) is 0 Å². The lowest BCUT2D eigenvalue weighted by Crippen LogP contribution is -2.85. The SMILES string of the molecule is COc1ccc2oc(C3=c4cc5c(cc4C=C(C)O3)=[NH+]C(=O)C(C)O5)c(C)c2c1. The van der Waals surface area contributed by atoms with Crippen molar-refractivity contribution in [2.45, 2.75) is 26.9 Å². The zero-order valence-corrected chi connectivity index (χ0v) is 16.6. The van der Waals surface area contributed by atoms with Crippen LogP contribution in [0.1, 0.15) is 30.7 Å². The molecule has 1 N–H and O–H groups in total. The number of amides is 1. The molecule has 0 saturated heterocycles. The highest BCUT2D eigenvalue weighted by Gasteiger charge is 2.28. The number of allylic oxidation sites excluding steroid dienone is 1. The number of nitrogens with one attached hydrogen (secondary N) is 1.